The molecule has 0 nitrogen and oxygen atoms in total. The topological polar surface area (TPSA) is 0 Å². The summed E-state index contributed by atoms with van der Waals surface area (Å²) in [5.41, 5.74) is 0. The lowest BCUT2D eigenvalue weighted by Gasteiger charge is -2.18. The molecule has 9 heavy (non-hydrogen) atoms. The molecule has 0 N–H and O–H groups in total. The Kier molecular flexibility index (Phi) is 3.00. The molecule has 1 heterocycles. The molecule has 1 heteroatoms. The van der Waals surface area contributed by atoms with Crippen molar-refractivity contribution in [3.8, 4) is 12.3 Å². The van der Waals surface area contributed by atoms with Crippen molar-refractivity contribution in [1.29, 1.82) is 0 Å². The summed E-state index contributed by atoms with van der Waals surface area (Å²) in [4.78, 5) is 0. The van der Waals surface area contributed by atoms with E-state index in [9.17, 15) is 0 Å². The van der Waals surface area contributed by atoms with E-state index >= 15 is 0 Å². The molecule has 50 valence electrons. The molecule has 1 aliphatic heterocycles. The Morgan fingerprint density at radius 1 is 1.67 bits per heavy atom. The van der Waals surface area contributed by atoms with Crippen molar-refractivity contribution in [2.24, 2.45) is 5.92 Å². The molecule has 1 rings (SSSR count). The molecule has 1 aliphatic rings. The number of terminal acetylenes is 1. The quantitative estimate of drug-likeness (QED) is 0.503. The molecular weight excluding hydrogens is 128 g/mol. The third-order valence-electron chi connectivity index (χ3n) is 1.66. The zero-order chi connectivity index (χ0) is 6.53. The van der Waals surface area contributed by atoms with Gasteiger partial charge in [-0.15, -0.1) is 12.3 Å². The van der Waals surface area contributed by atoms with Crippen LogP contribution in [0.4, 0.5) is 0 Å². The summed E-state index contributed by atoms with van der Waals surface area (Å²) < 4.78 is 0. The minimum atomic E-state index is 0.828. The summed E-state index contributed by atoms with van der Waals surface area (Å²) in [5.74, 6) is 6.20. The maximum absolute atomic E-state index is 5.20. The van der Waals surface area contributed by atoms with E-state index in [1.54, 1.807) is 0 Å². The second kappa shape index (κ2) is 3.85. The first-order chi connectivity index (χ1) is 4.43. The Balaban J connectivity index is 2.17. The third-order valence-corrected chi connectivity index (χ3v) is 2.95. The number of hydrogen-bond acceptors (Lipinski definition) is 1. The van der Waals surface area contributed by atoms with Gasteiger partial charge in [0.2, 0.25) is 0 Å². The van der Waals surface area contributed by atoms with Gasteiger partial charge in [0.25, 0.3) is 0 Å². The van der Waals surface area contributed by atoms with Crippen LogP contribution in [0.2, 0.25) is 0 Å². The molecular formula is C8H12S. The van der Waals surface area contributed by atoms with Crippen molar-refractivity contribution >= 4 is 11.8 Å². The molecule has 0 spiro atoms. The highest BCUT2D eigenvalue weighted by Crippen LogP contribution is 2.24. The summed E-state index contributed by atoms with van der Waals surface area (Å²) in [6.07, 6.45) is 8.92. The Morgan fingerprint density at radius 3 is 3.11 bits per heavy atom. The normalized spacial score (nSPS) is 27.2. The van der Waals surface area contributed by atoms with Crippen LogP contribution in [0.15, 0.2) is 0 Å². The zero-order valence-corrected chi connectivity index (χ0v) is 6.41. The van der Waals surface area contributed by atoms with E-state index in [2.05, 4.69) is 5.92 Å². The summed E-state index contributed by atoms with van der Waals surface area (Å²) in [6, 6.07) is 0. The first-order valence-corrected chi connectivity index (χ1v) is 4.60. The van der Waals surface area contributed by atoms with Crippen molar-refractivity contribution in [2.75, 3.05) is 11.5 Å². The lowest BCUT2D eigenvalue weighted by atomic mass is 10.0. The molecule has 0 aromatic carbocycles. The lowest BCUT2D eigenvalue weighted by molar-refractivity contribution is 0.537. The summed E-state index contributed by atoms with van der Waals surface area (Å²) in [7, 11) is 0. The van der Waals surface area contributed by atoms with Gasteiger partial charge in [0.15, 0.2) is 0 Å². The molecule has 1 atom stereocenters. The van der Waals surface area contributed by atoms with Gasteiger partial charge in [-0.05, 0) is 30.3 Å². The summed E-state index contributed by atoms with van der Waals surface area (Å²) in [6.45, 7) is 0. The Bertz CT molecular complexity index is 106. The molecule has 0 aromatic rings. The van der Waals surface area contributed by atoms with Crippen LogP contribution in [-0.2, 0) is 0 Å². The minimum Gasteiger partial charge on any atom is -0.162 e. The van der Waals surface area contributed by atoms with Crippen molar-refractivity contribution in [3.63, 3.8) is 0 Å². The molecule has 0 amide bonds. The van der Waals surface area contributed by atoms with Gasteiger partial charge < -0.3 is 0 Å². The molecule has 1 saturated heterocycles. The van der Waals surface area contributed by atoms with E-state index in [-0.39, 0.29) is 0 Å². The first kappa shape index (κ1) is 7.02. The summed E-state index contributed by atoms with van der Waals surface area (Å²) in [5, 5.41) is 0. The second-order valence-corrected chi connectivity index (χ2v) is 3.64. The fourth-order valence-corrected chi connectivity index (χ4v) is 2.29. The van der Waals surface area contributed by atoms with Crippen LogP contribution in [0.3, 0.4) is 0 Å². The van der Waals surface area contributed by atoms with E-state index < -0.39 is 0 Å². The SMILES string of the molecule is C#CCC1CCCSC1. The fourth-order valence-electron chi connectivity index (χ4n) is 1.14. The van der Waals surface area contributed by atoms with Crippen molar-refractivity contribution < 1.29 is 0 Å². The van der Waals surface area contributed by atoms with E-state index in [0.717, 1.165) is 12.3 Å². The van der Waals surface area contributed by atoms with E-state index in [0.29, 0.717) is 0 Å². The van der Waals surface area contributed by atoms with Gasteiger partial charge in [0.05, 0.1) is 0 Å². The van der Waals surface area contributed by atoms with Crippen LogP contribution in [0, 0.1) is 18.3 Å². The second-order valence-electron chi connectivity index (χ2n) is 2.49. The highest BCUT2D eigenvalue weighted by Gasteiger charge is 2.11. The van der Waals surface area contributed by atoms with Crippen LogP contribution in [0.25, 0.3) is 0 Å². The maximum Gasteiger partial charge on any atom is 0.0122 e. The lowest BCUT2D eigenvalue weighted by Crippen LogP contribution is -2.08. The highest BCUT2D eigenvalue weighted by atomic mass is 32.2. The van der Waals surface area contributed by atoms with Crippen LogP contribution in [-0.4, -0.2) is 11.5 Å². The fraction of sp³-hybridized carbons (Fsp3) is 0.750. The molecule has 0 saturated carbocycles. The molecule has 0 aliphatic carbocycles. The van der Waals surface area contributed by atoms with Gasteiger partial charge in [0, 0.05) is 6.42 Å². The Morgan fingerprint density at radius 2 is 2.56 bits per heavy atom. The van der Waals surface area contributed by atoms with Crippen molar-refractivity contribution in [3.05, 3.63) is 0 Å². The largest absolute Gasteiger partial charge is 0.162 e. The van der Waals surface area contributed by atoms with Gasteiger partial charge in [-0.3, -0.25) is 0 Å². The van der Waals surface area contributed by atoms with E-state index in [1.165, 1.54) is 24.3 Å². The predicted molar refractivity (Wildman–Crippen MR) is 43.5 cm³/mol. The highest BCUT2D eigenvalue weighted by molar-refractivity contribution is 7.99. The summed E-state index contributed by atoms with van der Waals surface area (Å²) >= 11 is 2.05. The molecule has 0 aromatic heterocycles. The third kappa shape index (κ3) is 2.32. The first-order valence-electron chi connectivity index (χ1n) is 3.44. The van der Waals surface area contributed by atoms with Crippen LogP contribution in [0.1, 0.15) is 19.3 Å². The van der Waals surface area contributed by atoms with Crippen LogP contribution in [0.5, 0.6) is 0 Å². The number of rotatable bonds is 1. The van der Waals surface area contributed by atoms with Gasteiger partial charge in [0.1, 0.15) is 0 Å². The average molecular weight is 140 g/mol. The molecule has 1 unspecified atom stereocenters. The van der Waals surface area contributed by atoms with Crippen LogP contribution < -0.4 is 0 Å². The minimum absolute atomic E-state index is 0.828. The van der Waals surface area contributed by atoms with E-state index in [1.807, 2.05) is 11.8 Å². The molecule has 0 radical (unpaired) electrons. The standard InChI is InChI=1S/C8H12S/c1-2-4-8-5-3-6-9-7-8/h1,8H,3-7H2. The van der Waals surface area contributed by atoms with Crippen molar-refractivity contribution in [2.45, 2.75) is 19.3 Å². The van der Waals surface area contributed by atoms with Gasteiger partial charge in [-0.1, -0.05) is 0 Å². The van der Waals surface area contributed by atoms with Gasteiger partial charge in [-0.25, -0.2) is 0 Å². The van der Waals surface area contributed by atoms with E-state index in [4.69, 9.17) is 6.42 Å². The van der Waals surface area contributed by atoms with Crippen molar-refractivity contribution in [1.82, 2.24) is 0 Å². The smallest absolute Gasteiger partial charge is 0.0122 e. The average Bonchev–Trinajstić information content (AvgIpc) is 1.91. The molecule has 0 bridgehead atoms. The number of hydrogen-bond donors (Lipinski definition) is 0. The monoisotopic (exact) mass is 140 g/mol. The van der Waals surface area contributed by atoms with Crippen LogP contribution >= 0.6 is 11.8 Å². The molecule has 1 fully saturated rings. The maximum atomic E-state index is 5.20. The Labute approximate surface area is 61.4 Å². The van der Waals surface area contributed by atoms with Gasteiger partial charge >= 0.3 is 0 Å². The Hall–Kier alpha value is -0.0900. The zero-order valence-electron chi connectivity index (χ0n) is 5.60. The number of thioether (sulfide) groups is 1. The van der Waals surface area contributed by atoms with Gasteiger partial charge in [-0.2, -0.15) is 11.8 Å². The predicted octanol–water partition coefficient (Wildman–Crippen LogP) is 2.15.